The van der Waals surface area contributed by atoms with Crippen molar-refractivity contribution in [2.45, 2.75) is 11.0 Å². The summed E-state index contributed by atoms with van der Waals surface area (Å²) >= 11 is 3.33. The number of aliphatic hydroxyl groups excluding tert-OH is 1. The van der Waals surface area contributed by atoms with Gasteiger partial charge in [-0.2, -0.15) is 0 Å². The second-order valence-corrected chi connectivity index (χ2v) is 7.23. The number of aliphatic hydroxyl groups is 1. The van der Waals surface area contributed by atoms with Gasteiger partial charge in [0.1, 0.15) is 6.10 Å². The number of rotatable bonds is 3. The molecule has 0 bridgehead atoms. The quantitative estimate of drug-likeness (QED) is 0.934. The normalized spacial score (nSPS) is 13.2. The lowest BCUT2D eigenvalue weighted by molar-refractivity contribution is 0.220. The molecule has 0 aromatic heterocycles. The van der Waals surface area contributed by atoms with E-state index in [-0.39, 0.29) is 4.90 Å². The molecule has 5 heteroatoms. The van der Waals surface area contributed by atoms with Gasteiger partial charge in [-0.15, -0.1) is 0 Å². The standard InChI is InChI=1S/C14H13BrO3S/c1-19(17,18)13-8-4-11(5-9-13)14(16)10-2-6-12(15)7-3-10/h2-9,14,16H,1H3. The van der Waals surface area contributed by atoms with Crippen LogP contribution in [-0.4, -0.2) is 19.8 Å². The van der Waals surface area contributed by atoms with Gasteiger partial charge in [0.2, 0.25) is 0 Å². The Hall–Kier alpha value is -1.17. The zero-order valence-electron chi connectivity index (χ0n) is 10.2. The lowest BCUT2D eigenvalue weighted by Gasteiger charge is -2.12. The van der Waals surface area contributed by atoms with E-state index in [1.807, 2.05) is 24.3 Å². The summed E-state index contributed by atoms with van der Waals surface area (Å²) in [5.41, 5.74) is 1.42. The first kappa shape index (κ1) is 14.2. The van der Waals surface area contributed by atoms with Crippen molar-refractivity contribution in [1.82, 2.24) is 0 Å². The number of hydrogen-bond donors (Lipinski definition) is 1. The Bertz CT molecular complexity index is 661. The van der Waals surface area contributed by atoms with Crippen LogP contribution in [-0.2, 0) is 9.84 Å². The lowest BCUT2D eigenvalue weighted by atomic mass is 10.0. The minimum Gasteiger partial charge on any atom is -0.384 e. The summed E-state index contributed by atoms with van der Waals surface area (Å²) in [5, 5.41) is 10.2. The molecule has 0 saturated carbocycles. The van der Waals surface area contributed by atoms with E-state index in [0.29, 0.717) is 5.56 Å². The maximum atomic E-state index is 11.4. The Balaban J connectivity index is 2.30. The van der Waals surface area contributed by atoms with Crippen LogP contribution in [0.5, 0.6) is 0 Å². The van der Waals surface area contributed by atoms with Crippen molar-refractivity contribution in [1.29, 1.82) is 0 Å². The van der Waals surface area contributed by atoms with Gasteiger partial charge in [0.15, 0.2) is 9.84 Å². The number of benzene rings is 2. The van der Waals surface area contributed by atoms with Crippen LogP contribution in [0.3, 0.4) is 0 Å². The average molecular weight is 341 g/mol. The fraction of sp³-hybridized carbons (Fsp3) is 0.143. The Kier molecular flexibility index (Phi) is 4.08. The molecule has 1 N–H and O–H groups in total. The smallest absolute Gasteiger partial charge is 0.175 e. The summed E-state index contributed by atoms with van der Waals surface area (Å²) in [6, 6.07) is 13.6. The highest BCUT2D eigenvalue weighted by Crippen LogP contribution is 2.24. The van der Waals surface area contributed by atoms with Crippen molar-refractivity contribution in [3.8, 4) is 0 Å². The molecule has 100 valence electrons. The Labute approximate surface area is 121 Å². The summed E-state index contributed by atoms with van der Waals surface area (Å²) in [7, 11) is -3.20. The topological polar surface area (TPSA) is 54.4 Å². The molecule has 0 aliphatic heterocycles. The van der Waals surface area contributed by atoms with Crippen molar-refractivity contribution in [2.75, 3.05) is 6.26 Å². The van der Waals surface area contributed by atoms with E-state index in [1.165, 1.54) is 12.1 Å². The van der Waals surface area contributed by atoms with Gasteiger partial charge in [-0.3, -0.25) is 0 Å². The summed E-state index contributed by atoms with van der Waals surface area (Å²) in [6.07, 6.45) is 0.398. The van der Waals surface area contributed by atoms with Crippen molar-refractivity contribution < 1.29 is 13.5 Å². The molecule has 0 saturated heterocycles. The Morgan fingerprint density at radius 3 is 1.79 bits per heavy atom. The van der Waals surface area contributed by atoms with E-state index in [1.54, 1.807) is 12.1 Å². The van der Waals surface area contributed by atoms with Crippen LogP contribution in [0.1, 0.15) is 17.2 Å². The van der Waals surface area contributed by atoms with Gasteiger partial charge >= 0.3 is 0 Å². The highest BCUT2D eigenvalue weighted by Gasteiger charge is 2.12. The van der Waals surface area contributed by atoms with Crippen molar-refractivity contribution in [3.05, 3.63) is 64.1 Å². The molecule has 1 unspecified atom stereocenters. The SMILES string of the molecule is CS(=O)(=O)c1ccc(C(O)c2ccc(Br)cc2)cc1. The number of sulfone groups is 1. The first-order chi connectivity index (χ1) is 8.88. The number of hydrogen-bond acceptors (Lipinski definition) is 3. The molecule has 0 fully saturated rings. The van der Waals surface area contributed by atoms with Crippen molar-refractivity contribution >= 4 is 25.8 Å². The van der Waals surface area contributed by atoms with Crippen LogP contribution in [0.4, 0.5) is 0 Å². The third kappa shape index (κ3) is 3.43. The molecule has 2 rings (SSSR count). The molecule has 0 radical (unpaired) electrons. The van der Waals surface area contributed by atoms with Gasteiger partial charge in [0.05, 0.1) is 4.90 Å². The molecule has 0 aliphatic rings. The number of halogens is 1. The molecular formula is C14H13BrO3S. The second-order valence-electron chi connectivity index (χ2n) is 4.30. The van der Waals surface area contributed by atoms with Crippen molar-refractivity contribution in [2.24, 2.45) is 0 Å². The van der Waals surface area contributed by atoms with Crippen LogP contribution in [0, 0.1) is 0 Å². The predicted octanol–water partition coefficient (Wildman–Crippen LogP) is 2.93. The molecule has 0 aliphatic carbocycles. The van der Waals surface area contributed by atoms with Gasteiger partial charge < -0.3 is 5.11 Å². The van der Waals surface area contributed by atoms with E-state index in [2.05, 4.69) is 15.9 Å². The van der Waals surface area contributed by atoms with Gasteiger partial charge in [-0.05, 0) is 35.4 Å². The fourth-order valence-electron chi connectivity index (χ4n) is 1.73. The van der Waals surface area contributed by atoms with Gasteiger partial charge in [-0.1, -0.05) is 40.2 Å². The fourth-order valence-corrected chi connectivity index (χ4v) is 2.63. The summed E-state index contributed by atoms with van der Waals surface area (Å²) in [5.74, 6) is 0. The van der Waals surface area contributed by atoms with Crippen LogP contribution in [0.15, 0.2) is 57.9 Å². The summed E-state index contributed by atoms with van der Waals surface area (Å²) in [4.78, 5) is 0.249. The van der Waals surface area contributed by atoms with E-state index >= 15 is 0 Å². The molecule has 0 spiro atoms. The van der Waals surface area contributed by atoms with Gasteiger partial charge in [-0.25, -0.2) is 8.42 Å². The highest BCUT2D eigenvalue weighted by molar-refractivity contribution is 9.10. The minimum absolute atomic E-state index is 0.249. The Morgan fingerprint density at radius 1 is 0.947 bits per heavy atom. The molecule has 0 heterocycles. The van der Waals surface area contributed by atoms with E-state index in [9.17, 15) is 13.5 Å². The van der Waals surface area contributed by atoms with Crippen LogP contribution in [0.2, 0.25) is 0 Å². The Morgan fingerprint density at radius 2 is 1.37 bits per heavy atom. The monoisotopic (exact) mass is 340 g/mol. The molecule has 19 heavy (non-hydrogen) atoms. The average Bonchev–Trinajstić information content (AvgIpc) is 2.38. The molecular weight excluding hydrogens is 328 g/mol. The third-order valence-electron chi connectivity index (χ3n) is 2.81. The second kappa shape index (κ2) is 5.45. The molecule has 1 atom stereocenters. The first-order valence-electron chi connectivity index (χ1n) is 5.61. The van der Waals surface area contributed by atoms with Gasteiger partial charge in [0, 0.05) is 10.7 Å². The summed E-state index contributed by atoms with van der Waals surface area (Å²) < 4.78 is 23.6. The van der Waals surface area contributed by atoms with E-state index < -0.39 is 15.9 Å². The maximum Gasteiger partial charge on any atom is 0.175 e. The van der Waals surface area contributed by atoms with Crippen LogP contribution < -0.4 is 0 Å². The molecule has 3 nitrogen and oxygen atoms in total. The molecule has 0 amide bonds. The first-order valence-corrected chi connectivity index (χ1v) is 8.30. The summed E-state index contributed by atoms with van der Waals surface area (Å²) in [6.45, 7) is 0. The molecule has 2 aromatic rings. The van der Waals surface area contributed by atoms with E-state index in [0.717, 1.165) is 16.3 Å². The minimum atomic E-state index is -3.20. The predicted molar refractivity (Wildman–Crippen MR) is 77.8 cm³/mol. The maximum absolute atomic E-state index is 11.4. The largest absolute Gasteiger partial charge is 0.384 e. The van der Waals surface area contributed by atoms with Crippen molar-refractivity contribution in [3.63, 3.8) is 0 Å². The van der Waals surface area contributed by atoms with E-state index in [4.69, 9.17) is 0 Å². The zero-order chi connectivity index (χ0) is 14.0. The highest BCUT2D eigenvalue weighted by atomic mass is 79.9. The van der Waals surface area contributed by atoms with Crippen LogP contribution in [0.25, 0.3) is 0 Å². The van der Waals surface area contributed by atoms with Crippen LogP contribution >= 0.6 is 15.9 Å². The zero-order valence-corrected chi connectivity index (χ0v) is 12.6. The molecule has 2 aromatic carbocycles. The third-order valence-corrected chi connectivity index (χ3v) is 4.47. The van der Waals surface area contributed by atoms with Gasteiger partial charge in [0.25, 0.3) is 0 Å². The lowest BCUT2D eigenvalue weighted by Crippen LogP contribution is -2.01.